The molecular weight excluding hydrogens is 1120 g/mol. The number of benzene rings is 6. The summed E-state index contributed by atoms with van der Waals surface area (Å²) in [7, 11) is 0. The molecule has 74 heavy (non-hydrogen) atoms. The average molecular weight is 1210 g/mol. The summed E-state index contributed by atoms with van der Waals surface area (Å²) in [6.07, 6.45) is 36.3. The van der Waals surface area contributed by atoms with Gasteiger partial charge >= 0.3 is 0 Å². The van der Waals surface area contributed by atoms with E-state index >= 15 is 0 Å². The van der Waals surface area contributed by atoms with Crippen LogP contribution in [0.25, 0.3) is 55.6 Å². The van der Waals surface area contributed by atoms with Crippen molar-refractivity contribution in [1.82, 2.24) is 0 Å². The Balaban J connectivity index is 1.02. The Morgan fingerprint density at radius 3 is 0.865 bits per heavy atom. The third-order valence-electron chi connectivity index (χ3n) is 18.0. The summed E-state index contributed by atoms with van der Waals surface area (Å²) in [5.41, 5.74) is 20.4. The van der Waals surface area contributed by atoms with Gasteiger partial charge in [0.1, 0.15) is 0 Å². The second kappa shape index (κ2) is 26.2. The fraction of sp³-hybridized carbons (Fsp3) is 0.479. The summed E-state index contributed by atoms with van der Waals surface area (Å²) >= 11 is 5.09. The minimum Gasteiger partial charge on any atom is -0.289 e. The van der Waals surface area contributed by atoms with E-state index in [4.69, 9.17) is 0 Å². The lowest BCUT2D eigenvalue weighted by Gasteiger charge is -2.33. The lowest BCUT2D eigenvalue weighted by molar-refractivity contribution is 0.104. The molecule has 9 rings (SSSR count). The minimum absolute atomic E-state index is 0.0116. The van der Waals surface area contributed by atoms with Crippen LogP contribution in [-0.2, 0) is 10.8 Å². The molecule has 390 valence electrons. The molecule has 0 radical (unpaired) electrons. The van der Waals surface area contributed by atoms with Crippen LogP contribution in [0.3, 0.4) is 0 Å². The number of carbonyl (C=O) groups excluding carboxylic acids is 1. The third kappa shape index (κ3) is 11.8. The van der Waals surface area contributed by atoms with Crippen molar-refractivity contribution in [3.8, 4) is 55.6 Å². The highest BCUT2D eigenvalue weighted by Gasteiger charge is 2.44. The van der Waals surface area contributed by atoms with Gasteiger partial charge in [0.05, 0.1) is 0 Å². The molecule has 0 N–H and O–H groups in total. The van der Waals surface area contributed by atoms with Crippen LogP contribution in [0.1, 0.15) is 246 Å². The van der Waals surface area contributed by atoms with E-state index in [1.807, 2.05) is 0 Å². The number of hydrogen-bond donors (Lipinski definition) is 0. The van der Waals surface area contributed by atoms with E-state index in [-0.39, 0.29) is 16.6 Å². The van der Waals surface area contributed by atoms with Crippen molar-refractivity contribution in [1.29, 1.82) is 0 Å². The lowest BCUT2D eigenvalue weighted by Crippen LogP contribution is -2.25. The molecule has 3 heteroatoms. The van der Waals surface area contributed by atoms with E-state index in [0.29, 0.717) is 0 Å². The number of rotatable bonds is 30. The molecule has 0 aliphatic heterocycles. The van der Waals surface area contributed by atoms with Gasteiger partial charge in [-0.1, -0.05) is 242 Å². The maximum atomic E-state index is 14.8. The van der Waals surface area contributed by atoms with Crippen LogP contribution in [0.5, 0.6) is 0 Å². The van der Waals surface area contributed by atoms with Gasteiger partial charge in [-0.2, -0.15) is 0 Å². The van der Waals surface area contributed by atoms with E-state index < -0.39 is 0 Å². The van der Waals surface area contributed by atoms with Gasteiger partial charge in [0.15, 0.2) is 5.78 Å². The van der Waals surface area contributed by atoms with Gasteiger partial charge < -0.3 is 0 Å². The van der Waals surface area contributed by atoms with Crippen molar-refractivity contribution in [2.75, 3.05) is 0 Å². The molecule has 0 spiro atoms. The molecule has 0 aromatic heterocycles. The smallest absolute Gasteiger partial charge is 0.194 e. The predicted octanol–water partition coefficient (Wildman–Crippen LogP) is 23.0. The van der Waals surface area contributed by atoms with Crippen molar-refractivity contribution in [2.24, 2.45) is 0 Å². The second-order valence-electron chi connectivity index (χ2n) is 23.0. The molecule has 3 aliphatic carbocycles. The minimum atomic E-state index is 0.0116. The highest BCUT2D eigenvalue weighted by molar-refractivity contribution is 14.1. The molecule has 0 unspecified atom stereocenters. The molecule has 0 saturated carbocycles. The normalized spacial score (nSPS) is 14.2. The van der Waals surface area contributed by atoms with Crippen LogP contribution in [0.4, 0.5) is 0 Å². The summed E-state index contributed by atoms with van der Waals surface area (Å²) in [5, 5.41) is 0. The maximum absolute atomic E-state index is 14.8. The van der Waals surface area contributed by atoms with Gasteiger partial charge in [0, 0.05) is 29.1 Å². The van der Waals surface area contributed by atoms with Gasteiger partial charge in [-0.15, -0.1) is 0 Å². The predicted molar refractivity (Wildman–Crippen MR) is 336 cm³/mol. The molecule has 0 bridgehead atoms. The fourth-order valence-electron chi connectivity index (χ4n) is 13.9. The van der Waals surface area contributed by atoms with Gasteiger partial charge in [-0.25, -0.2) is 0 Å². The summed E-state index contributed by atoms with van der Waals surface area (Å²) in [5.74, 6) is 0.158. The summed E-state index contributed by atoms with van der Waals surface area (Å²) in [6.45, 7) is 9.27. The zero-order valence-electron chi connectivity index (χ0n) is 45.9. The zero-order valence-corrected chi connectivity index (χ0v) is 50.2. The number of unbranched alkanes of at least 4 members (excludes halogenated alkanes) is 20. The molecule has 0 heterocycles. The molecule has 0 fully saturated rings. The molecule has 3 aliphatic rings. The van der Waals surface area contributed by atoms with Crippen molar-refractivity contribution < 1.29 is 4.79 Å². The van der Waals surface area contributed by atoms with E-state index in [2.05, 4.69) is 182 Å². The molecule has 0 atom stereocenters. The molecule has 0 saturated heterocycles. The van der Waals surface area contributed by atoms with Crippen LogP contribution in [0, 0.1) is 7.14 Å². The van der Waals surface area contributed by atoms with Crippen LogP contribution >= 0.6 is 45.2 Å². The van der Waals surface area contributed by atoms with E-state index in [1.165, 1.54) is 231 Å². The summed E-state index contributed by atoms with van der Waals surface area (Å²) in [4.78, 5) is 14.8. The quantitative estimate of drug-likeness (QED) is 0.0324. The van der Waals surface area contributed by atoms with Gasteiger partial charge in [-0.3, -0.25) is 4.79 Å². The van der Waals surface area contributed by atoms with Gasteiger partial charge in [0.25, 0.3) is 0 Å². The Morgan fingerprint density at radius 1 is 0.284 bits per heavy atom. The van der Waals surface area contributed by atoms with Crippen molar-refractivity contribution in [3.05, 3.63) is 150 Å². The first-order valence-corrected chi connectivity index (χ1v) is 32.2. The number of halogens is 2. The van der Waals surface area contributed by atoms with Gasteiger partial charge in [0.2, 0.25) is 0 Å². The summed E-state index contributed by atoms with van der Waals surface area (Å²) < 4.78 is 2.67. The fourth-order valence-corrected chi connectivity index (χ4v) is 14.9. The average Bonchev–Trinajstić information content (AvgIpc) is 3.96. The Labute approximate surface area is 475 Å². The lowest BCUT2D eigenvalue weighted by atomic mass is 9.70. The topological polar surface area (TPSA) is 17.1 Å². The van der Waals surface area contributed by atoms with Crippen LogP contribution in [-0.4, -0.2) is 5.78 Å². The molecular formula is C71H86I2O. The van der Waals surface area contributed by atoms with Gasteiger partial charge in [-0.05, 0) is 197 Å². The molecule has 0 amide bonds. The monoisotopic (exact) mass is 1210 g/mol. The van der Waals surface area contributed by atoms with Crippen molar-refractivity contribution in [3.63, 3.8) is 0 Å². The standard InChI is InChI=1S/C71H86I2O/c1-5-9-13-17-21-25-41-70(42-26-22-18-14-10-6-2)65-47-53(31-37-59(65)61-39-33-55(72)49-67(61)70)51-29-35-57-58-36-30-52(46-64(58)69(74)63(57)45-51)54-32-38-60-62-40-34-56(73)50-68(62)71(66(60)48-54,43-27-23-19-15-11-7-3)44-28-24-20-16-12-8-4/h29-40,45-50H,5-28,41-44H2,1-4H3. The SMILES string of the molecule is CCCCCCCCC1(CCCCCCCC)c2cc(I)ccc2-c2ccc(-c3ccc4c(c3)C(=O)c3cc(-c5ccc6c(c5)C(CCCCCCCC)(CCCCCCCC)c5cc(I)ccc5-6)ccc3-4)cc21. The van der Waals surface area contributed by atoms with E-state index in [1.54, 1.807) is 11.1 Å². The van der Waals surface area contributed by atoms with Crippen LogP contribution < -0.4 is 0 Å². The van der Waals surface area contributed by atoms with E-state index in [9.17, 15) is 4.79 Å². The Hall–Kier alpha value is -3.55. The highest BCUT2D eigenvalue weighted by atomic mass is 127. The zero-order chi connectivity index (χ0) is 51.5. The number of hydrogen-bond acceptors (Lipinski definition) is 1. The number of carbonyl (C=O) groups is 1. The first kappa shape index (κ1) is 55.2. The maximum Gasteiger partial charge on any atom is 0.194 e. The van der Waals surface area contributed by atoms with Crippen LogP contribution in [0.2, 0.25) is 0 Å². The Bertz CT molecular complexity index is 2640. The number of fused-ring (bicyclic) bond motifs is 9. The highest BCUT2D eigenvalue weighted by Crippen LogP contribution is 2.57. The van der Waals surface area contributed by atoms with Crippen molar-refractivity contribution >= 4 is 51.0 Å². The first-order valence-electron chi connectivity index (χ1n) is 30.0. The van der Waals surface area contributed by atoms with Crippen LogP contribution in [0.15, 0.2) is 109 Å². The first-order chi connectivity index (χ1) is 36.3. The Morgan fingerprint density at radius 2 is 0.541 bits per heavy atom. The van der Waals surface area contributed by atoms with Crippen molar-refractivity contribution in [2.45, 2.75) is 218 Å². The number of ketones is 1. The summed E-state index contributed by atoms with van der Waals surface area (Å²) in [6, 6.07) is 42.6. The largest absolute Gasteiger partial charge is 0.289 e. The Kier molecular flexibility index (Phi) is 19.5. The second-order valence-corrected chi connectivity index (χ2v) is 25.5. The molecule has 6 aromatic carbocycles. The molecule has 6 aromatic rings. The van der Waals surface area contributed by atoms with E-state index in [0.717, 1.165) is 33.4 Å². The third-order valence-corrected chi connectivity index (χ3v) is 19.3. The molecule has 1 nitrogen and oxygen atoms in total.